The van der Waals surface area contributed by atoms with Gasteiger partial charge in [0.1, 0.15) is 6.61 Å². The molecule has 0 spiro atoms. The molecule has 0 saturated carbocycles. The summed E-state index contributed by atoms with van der Waals surface area (Å²) < 4.78 is 5.27. The molecule has 0 unspecified atom stereocenters. The van der Waals surface area contributed by atoms with Crippen molar-refractivity contribution in [3.63, 3.8) is 0 Å². The number of ether oxygens (including phenoxy) is 1. The highest BCUT2D eigenvalue weighted by atomic mass is 35.5. The van der Waals surface area contributed by atoms with Gasteiger partial charge in [-0.3, -0.25) is 9.69 Å². The van der Waals surface area contributed by atoms with Crippen LogP contribution in [0, 0.1) is 0 Å². The highest BCUT2D eigenvalue weighted by molar-refractivity contribution is 7.14. The summed E-state index contributed by atoms with van der Waals surface area (Å²) in [5.74, 6) is -0.736. The van der Waals surface area contributed by atoms with E-state index in [9.17, 15) is 9.59 Å². The molecule has 0 fully saturated rings. The monoisotopic (exact) mass is 420 g/mol. The lowest BCUT2D eigenvalue weighted by Crippen LogP contribution is -2.22. The SMILES string of the molecule is CC(=O)N(c1cccc(Cl)c1)c1nc(COC(=O)c2ccccc2Cl)cs1. The Hall–Kier alpha value is -2.41. The van der Waals surface area contributed by atoms with Gasteiger partial charge in [-0.05, 0) is 30.3 Å². The zero-order valence-electron chi connectivity index (χ0n) is 14.2. The number of rotatable bonds is 5. The largest absolute Gasteiger partial charge is 0.456 e. The van der Waals surface area contributed by atoms with Crippen molar-refractivity contribution in [2.75, 3.05) is 4.90 Å². The van der Waals surface area contributed by atoms with Gasteiger partial charge >= 0.3 is 5.97 Å². The van der Waals surface area contributed by atoms with Gasteiger partial charge in [0, 0.05) is 17.3 Å². The molecule has 1 heterocycles. The molecule has 27 heavy (non-hydrogen) atoms. The van der Waals surface area contributed by atoms with E-state index in [0.717, 1.165) is 0 Å². The Balaban J connectivity index is 1.74. The van der Waals surface area contributed by atoms with Crippen molar-refractivity contribution in [2.24, 2.45) is 0 Å². The standard InChI is InChI=1S/C19H14Cl2N2O3S/c1-12(24)23(15-6-4-5-13(20)9-15)19-22-14(11-27-19)10-26-18(25)16-7-2-3-8-17(16)21/h2-9,11H,10H2,1H3. The minimum absolute atomic E-state index is 0.0259. The summed E-state index contributed by atoms with van der Waals surface area (Å²) in [5, 5.41) is 3.04. The molecule has 0 saturated heterocycles. The number of hydrogen-bond acceptors (Lipinski definition) is 5. The second kappa shape index (κ2) is 8.52. The zero-order valence-corrected chi connectivity index (χ0v) is 16.5. The number of aromatic nitrogens is 1. The molecule has 0 atom stereocenters. The molecule has 0 aliphatic heterocycles. The van der Waals surface area contributed by atoms with Crippen LogP contribution in [-0.4, -0.2) is 16.9 Å². The maximum atomic E-state index is 12.1. The Bertz CT molecular complexity index is 990. The van der Waals surface area contributed by atoms with Crippen LogP contribution in [0.3, 0.4) is 0 Å². The van der Waals surface area contributed by atoms with E-state index in [-0.39, 0.29) is 12.5 Å². The van der Waals surface area contributed by atoms with Gasteiger partial charge in [0.2, 0.25) is 5.91 Å². The maximum Gasteiger partial charge on any atom is 0.340 e. The predicted octanol–water partition coefficient (Wildman–Crippen LogP) is 5.49. The second-order valence-electron chi connectivity index (χ2n) is 5.51. The Morgan fingerprint density at radius 3 is 2.63 bits per heavy atom. The number of carbonyl (C=O) groups is 2. The Labute approximate surface area is 170 Å². The van der Waals surface area contributed by atoms with E-state index in [1.165, 1.54) is 23.2 Å². The molecule has 138 valence electrons. The Kier molecular flexibility index (Phi) is 6.11. The normalized spacial score (nSPS) is 10.5. The van der Waals surface area contributed by atoms with Gasteiger partial charge in [-0.1, -0.05) is 41.4 Å². The van der Waals surface area contributed by atoms with E-state index in [2.05, 4.69) is 4.98 Å². The van der Waals surface area contributed by atoms with Crippen LogP contribution in [0.15, 0.2) is 53.9 Å². The van der Waals surface area contributed by atoms with Gasteiger partial charge in [-0.25, -0.2) is 9.78 Å². The van der Waals surface area contributed by atoms with E-state index in [4.69, 9.17) is 27.9 Å². The fourth-order valence-electron chi connectivity index (χ4n) is 2.35. The molecule has 0 radical (unpaired) electrons. The van der Waals surface area contributed by atoms with Gasteiger partial charge in [0.25, 0.3) is 0 Å². The smallest absolute Gasteiger partial charge is 0.340 e. The molecule has 2 aromatic carbocycles. The van der Waals surface area contributed by atoms with Gasteiger partial charge < -0.3 is 4.74 Å². The number of thiazole rings is 1. The lowest BCUT2D eigenvalue weighted by Gasteiger charge is -2.18. The van der Waals surface area contributed by atoms with Gasteiger partial charge in [-0.15, -0.1) is 11.3 Å². The molecule has 3 aromatic rings. The summed E-state index contributed by atoms with van der Waals surface area (Å²) in [4.78, 5) is 30.1. The summed E-state index contributed by atoms with van der Waals surface area (Å²) in [5.41, 5.74) is 1.44. The lowest BCUT2D eigenvalue weighted by molar-refractivity contribution is -0.115. The summed E-state index contributed by atoms with van der Waals surface area (Å²) >= 11 is 13.3. The molecule has 0 aliphatic rings. The van der Waals surface area contributed by atoms with E-state index in [1.54, 1.807) is 53.9 Å². The number of esters is 1. The average molecular weight is 421 g/mol. The molecule has 0 aliphatic carbocycles. The first-order valence-corrected chi connectivity index (χ1v) is 9.51. The van der Waals surface area contributed by atoms with Crippen molar-refractivity contribution in [3.05, 3.63) is 75.2 Å². The highest BCUT2D eigenvalue weighted by Gasteiger charge is 2.19. The first-order chi connectivity index (χ1) is 13.0. The van der Waals surface area contributed by atoms with Crippen LogP contribution < -0.4 is 4.90 Å². The van der Waals surface area contributed by atoms with E-state index in [0.29, 0.717) is 32.1 Å². The average Bonchev–Trinajstić information content (AvgIpc) is 3.08. The molecule has 5 nitrogen and oxygen atoms in total. The third-order valence-corrected chi connectivity index (χ3v) is 5.00. The van der Waals surface area contributed by atoms with Crippen LogP contribution in [0.4, 0.5) is 10.8 Å². The van der Waals surface area contributed by atoms with Crippen LogP contribution in [0.5, 0.6) is 0 Å². The van der Waals surface area contributed by atoms with Crippen molar-refractivity contribution in [3.8, 4) is 0 Å². The number of nitrogens with zero attached hydrogens (tertiary/aromatic N) is 2. The summed E-state index contributed by atoms with van der Waals surface area (Å²) in [6.45, 7) is 1.42. The third kappa shape index (κ3) is 4.66. The quantitative estimate of drug-likeness (QED) is 0.511. The number of amides is 1. The third-order valence-electron chi connectivity index (χ3n) is 3.56. The number of anilines is 2. The minimum atomic E-state index is -0.534. The molecule has 8 heteroatoms. The Morgan fingerprint density at radius 1 is 1.15 bits per heavy atom. The van der Waals surface area contributed by atoms with Crippen LogP contribution in [0.25, 0.3) is 0 Å². The fraction of sp³-hybridized carbons (Fsp3) is 0.105. The summed E-state index contributed by atoms with van der Waals surface area (Å²) in [6.07, 6.45) is 0. The maximum absolute atomic E-state index is 12.1. The first kappa shape index (κ1) is 19.4. The van der Waals surface area contributed by atoms with Crippen molar-refractivity contribution >= 4 is 57.2 Å². The van der Waals surface area contributed by atoms with Gasteiger partial charge in [-0.2, -0.15) is 0 Å². The lowest BCUT2D eigenvalue weighted by atomic mass is 10.2. The fourth-order valence-corrected chi connectivity index (χ4v) is 3.62. The van der Waals surface area contributed by atoms with Crippen molar-refractivity contribution in [1.29, 1.82) is 0 Å². The van der Waals surface area contributed by atoms with E-state index >= 15 is 0 Å². The molecular formula is C19H14Cl2N2O3S. The van der Waals surface area contributed by atoms with Crippen LogP contribution >= 0.6 is 34.5 Å². The molecular weight excluding hydrogens is 407 g/mol. The second-order valence-corrected chi connectivity index (χ2v) is 7.19. The van der Waals surface area contributed by atoms with Crippen molar-refractivity contribution in [2.45, 2.75) is 13.5 Å². The predicted molar refractivity (Wildman–Crippen MR) is 107 cm³/mol. The van der Waals surface area contributed by atoms with Gasteiger partial charge in [0.15, 0.2) is 5.13 Å². The molecule has 1 amide bonds. The van der Waals surface area contributed by atoms with Gasteiger partial charge in [0.05, 0.1) is 22.0 Å². The molecule has 1 aromatic heterocycles. The van der Waals surface area contributed by atoms with E-state index < -0.39 is 5.97 Å². The van der Waals surface area contributed by atoms with Crippen molar-refractivity contribution in [1.82, 2.24) is 4.98 Å². The number of halogens is 2. The van der Waals surface area contributed by atoms with Crippen LogP contribution in [0.2, 0.25) is 10.0 Å². The number of hydrogen-bond donors (Lipinski definition) is 0. The zero-order chi connectivity index (χ0) is 19.4. The van der Waals surface area contributed by atoms with Crippen LogP contribution in [-0.2, 0) is 16.1 Å². The minimum Gasteiger partial charge on any atom is -0.456 e. The van der Waals surface area contributed by atoms with E-state index in [1.807, 2.05) is 0 Å². The Morgan fingerprint density at radius 2 is 1.93 bits per heavy atom. The molecule has 3 rings (SSSR count). The summed E-state index contributed by atoms with van der Waals surface area (Å²) in [7, 11) is 0. The molecule has 0 N–H and O–H groups in total. The molecule has 0 bridgehead atoms. The topological polar surface area (TPSA) is 59.5 Å². The van der Waals surface area contributed by atoms with Crippen molar-refractivity contribution < 1.29 is 14.3 Å². The highest BCUT2D eigenvalue weighted by Crippen LogP contribution is 2.30. The number of carbonyl (C=O) groups excluding carboxylic acids is 2. The number of benzene rings is 2. The summed E-state index contributed by atoms with van der Waals surface area (Å²) in [6, 6.07) is 13.6. The first-order valence-electron chi connectivity index (χ1n) is 7.88. The van der Waals surface area contributed by atoms with Crippen LogP contribution in [0.1, 0.15) is 23.0 Å².